The van der Waals surface area contributed by atoms with Gasteiger partial charge in [-0.3, -0.25) is 9.20 Å². The summed E-state index contributed by atoms with van der Waals surface area (Å²) in [6, 6.07) is 11.5. The molecular formula is C17H15N5OS2. The molecular weight excluding hydrogens is 354 g/mol. The van der Waals surface area contributed by atoms with E-state index in [9.17, 15) is 4.79 Å². The van der Waals surface area contributed by atoms with Gasteiger partial charge in [0.15, 0.2) is 10.1 Å². The standard InChI is InChI=1S/C17H15N5OS2/c1-11-9-24-17-19-13(7-15(23)22(11)17)10-25-16-20-14(8-21(16)18)12-5-3-2-4-6-12/h2-9H,10,18H2,1H3. The van der Waals surface area contributed by atoms with Crippen LogP contribution in [0.4, 0.5) is 0 Å². The Labute approximate surface area is 151 Å². The highest BCUT2D eigenvalue weighted by atomic mass is 32.2. The highest BCUT2D eigenvalue weighted by Gasteiger charge is 2.11. The molecule has 0 aliphatic rings. The molecule has 3 aromatic heterocycles. The van der Waals surface area contributed by atoms with Crippen LogP contribution in [0.1, 0.15) is 11.4 Å². The van der Waals surface area contributed by atoms with Crippen LogP contribution in [-0.2, 0) is 5.75 Å². The lowest BCUT2D eigenvalue weighted by Gasteiger charge is -2.02. The lowest BCUT2D eigenvalue weighted by atomic mass is 10.2. The minimum absolute atomic E-state index is 0.0552. The van der Waals surface area contributed by atoms with Crippen molar-refractivity contribution in [1.82, 2.24) is 19.0 Å². The molecule has 0 unspecified atom stereocenters. The third-order valence-electron chi connectivity index (χ3n) is 3.75. The Kier molecular flexibility index (Phi) is 4.06. The summed E-state index contributed by atoms with van der Waals surface area (Å²) in [5.41, 5.74) is 3.41. The molecule has 0 saturated heterocycles. The minimum Gasteiger partial charge on any atom is -0.337 e. The van der Waals surface area contributed by atoms with Gasteiger partial charge in [-0.2, -0.15) is 0 Å². The van der Waals surface area contributed by atoms with Crippen molar-refractivity contribution in [1.29, 1.82) is 0 Å². The van der Waals surface area contributed by atoms with Crippen molar-refractivity contribution in [2.45, 2.75) is 17.8 Å². The van der Waals surface area contributed by atoms with Gasteiger partial charge < -0.3 is 5.84 Å². The number of hydrogen-bond donors (Lipinski definition) is 1. The Morgan fingerprint density at radius 2 is 2.04 bits per heavy atom. The highest BCUT2D eigenvalue weighted by molar-refractivity contribution is 7.98. The average molecular weight is 369 g/mol. The van der Waals surface area contributed by atoms with Crippen LogP contribution in [0.5, 0.6) is 0 Å². The minimum atomic E-state index is -0.0552. The zero-order chi connectivity index (χ0) is 17.4. The van der Waals surface area contributed by atoms with Crippen molar-refractivity contribution in [3.05, 3.63) is 69.7 Å². The van der Waals surface area contributed by atoms with E-state index < -0.39 is 0 Å². The summed E-state index contributed by atoms with van der Waals surface area (Å²) in [4.78, 5) is 22.1. The number of thiazole rings is 1. The molecule has 3 heterocycles. The average Bonchev–Trinajstić information content (AvgIpc) is 3.17. The van der Waals surface area contributed by atoms with Crippen LogP contribution in [0.25, 0.3) is 16.2 Å². The summed E-state index contributed by atoms with van der Waals surface area (Å²) < 4.78 is 3.13. The predicted molar refractivity (Wildman–Crippen MR) is 101 cm³/mol. The molecule has 0 bridgehead atoms. The lowest BCUT2D eigenvalue weighted by molar-refractivity contribution is 0.850. The van der Waals surface area contributed by atoms with Gasteiger partial charge in [-0.15, -0.1) is 11.3 Å². The molecule has 0 aliphatic carbocycles. The molecule has 0 fully saturated rings. The number of nitrogens with zero attached hydrogens (tertiary/aromatic N) is 4. The first-order valence-electron chi connectivity index (χ1n) is 7.61. The monoisotopic (exact) mass is 369 g/mol. The van der Waals surface area contributed by atoms with E-state index in [-0.39, 0.29) is 5.56 Å². The maximum Gasteiger partial charge on any atom is 0.258 e. The second-order valence-electron chi connectivity index (χ2n) is 5.55. The zero-order valence-corrected chi connectivity index (χ0v) is 15.0. The molecule has 25 heavy (non-hydrogen) atoms. The maximum absolute atomic E-state index is 12.2. The van der Waals surface area contributed by atoms with Gasteiger partial charge in [0.05, 0.1) is 17.6 Å². The molecule has 0 radical (unpaired) electrons. The fraction of sp³-hybridized carbons (Fsp3) is 0.118. The topological polar surface area (TPSA) is 78.2 Å². The van der Waals surface area contributed by atoms with Crippen molar-refractivity contribution in [3.63, 3.8) is 0 Å². The van der Waals surface area contributed by atoms with E-state index in [1.54, 1.807) is 16.7 Å². The maximum atomic E-state index is 12.2. The van der Waals surface area contributed by atoms with Crippen LogP contribution in [-0.4, -0.2) is 19.0 Å². The Balaban J connectivity index is 1.58. The lowest BCUT2D eigenvalue weighted by Crippen LogP contribution is -2.15. The molecule has 0 saturated carbocycles. The number of benzene rings is 1. The number of aromatic nitrogens is 4. The van der Waals surface area contributed by atoms with Crippen molar-refractivity contribution in [2.24, 2.45) is 0 Å². The molecule has 0 spiro atoms. The summed E-state index contributed by atoms with van der Waals surface area (Å²) in [6.45, 7) is 1.90. The smallest absolute Gasteiger partial charge is 0.258 e. The number of imidazole rings is 1. The Hall–Kier alpha value is -2.58. The van der Waals surface area contributed by atoms with E-state index in [0.29, 0.717) is 15.9 Å². The van der Waals surface area contributed by atoms with Crippen LogP contribution in [0.15, 0.2) is 57.9 Å². The first kappa shape index (κ1) is 15.9. The number of hydrogen-bond acceptors (Lipinski definition) is 6. The molecule has 8 heteroatoms. The van der Waals surface area contributed by atoms with Gasteiger partial charge in [0.25, 0.3) is 5.56 Å². The van der Waals surface area contributed by atoms with Crippen LogP contribution >= 0.6 is 23.1 Å². The summed E-state index contributed by atoms with van der Waals surface area (Å²) in [5, 5.41) is 2.61. The number of fused-ring (bicyclic) bond motifs is 1. The van der Waals surface area contributed by atoms with Crippen LogP contribution in [0.2, 0.25) is 0 Å². The van der Waals surface area contributed by atoms with Crippen molar-refractivity contribution in [2.75, 3.05) is 5.84 Å². The van der Waals surface area contributed by atoms with Gasteiger partial charge in [0.2, 0.25) is 0 Å². The summed E-state index contributed by atoms with van der Waals surface area (Å²) in [7, 11) is 0. The molecule has 1 aromatic carbocycles. The van der Waals surface area contributed by atoms with E-state index in [4.69, 9.17) is 5.84 Å². The number of rotatable bonds is 4. The number of thioether (sulfide) groups is 1. The Morgan fingerprint density at radius 3 is 2.84 bits per heavy atom. The number of aryl methyl sites for hydroxylation is 1. The van der Waals surface area contributed by atoms with Gasteiger partial charge in [-0.1, -0.05) is 42.1 Å². The first-order valence-corrected chi connectivity index (χ1v) is 9.48. The van der Waals surface area contributed by atoms with Crippen molar-refractivity contribution >= 4 is 28.1 Å². The van der Waals surface area contributed by atoms with E-state index >= 15 is 0 Å². The molecule has 126 valence electrons. The zero-order valence-electron chi connectivity index (χ0n) is 13.4. The van der Waals surface area contributed by atoms with Crippen LogP contribution < -0.4 is 11.4 Å². The fourth-order valence-electron chi connectivity index (χ4n) is 2.54. The SMILES string of the molecule is Cc1csc2nc(CSc3nc(-c4ccccc4)cn3N)cc(=O)n12. The largest absolute Gasteiger partial charge is 0.337 e. The second kappa shape index (κ2) is 6.38. The second-order valence-corrected chi connectivity index (χ2v) is 7.33. The van der Waals surface area contributed by atoms with E-state index in [0.717, 1.165) is 22.6 Å². The molecule has 0 aliphatic heterocycles. The number of nitrogen functional groups attached to an aromatic ring is 1. The van der Waals surface area contributed by atoms with Crippen LogP contribution in [0, 0.1) is 6.92 Å². The van der Waals surface area contributed by atoms with Gasteiger partial charge in [-0.05, 0) is 6.92 Å². The van der Waals surface area contributed by atoms with E-state index in [1.165, 1.54) is 27.8 Å². The van der Waals surface area contributed by atoms with Gasteiger partial charge in [0, 0.05) is 28.5 Å². The first-order chi connectivity index (χ1) is 12.1. The predicted octanol–water partition coefficient (Wildman–Crippen LogP) is 2.93. The molecule has 4 rings (SSSR count). The summed E-state index contributed by atoms with van der Waals surface area (Å²) >= 11 is 2.93. The highest BCUT2D eigenvalue weighted by Crippen LogP contribution is 2.25. The fourth-order valence-corrected chi connectivity index (χ4v) is 4.22. The molecule has 4 aromatic rings. The molecule has 0 amide bonds. The normalized spacial score (nSPS) is 11.2. The van der Waals surface area contributed by atoms with Crippen molar-refractivity contribution < 1.29 is 0 Å². The molecule has 0 atom stereocenters. The van der Waals surface area contributed by atoms with Crippen molar-refractivity contribution in [3.8, 4) is 11.3 Å². The number of nitrogens with two attached hydrogens (primary N) is 1. The van der Waals surface area contributed by atoms with Gasteiger partial charge >= 0.3 is 0 Å². The van der Waals surface area contributed by atoms with Gasteiger partial charge in [0.1, 0.15) is 0 Å². The van der Waals surface area contributed by atoms with Crippen LogP contribution in [0.3, 0.4) is 0 Å². The summed E-state index contributed by atoms with van der Waals surface area (Å²) in [6.07, 6.45) is 1.80. The van der Waals surface area contributed by atoms with Gasteiger partial charge in [-0.25, -0.2) is 14.6 Å². The summed E-state index contributed by atoms with van der Waals surface area (Å²) in [5.74, 6) is 6.55. The Morgan fingerprint density at radius 1 is 1.24 bits per heavy atom. The molecule has 2 N–H and O–H groups in total. The third kappa shape index (κ3) is 3.06. The third-order valence-corrected chi connectivity index (χ3v) is 5.69. The van der Waals surface area contributed by atoms with E-state index in [1.807, 2.05) is 42.6 Å². The Bertz CT molecular complexity index is 1100. The quantitative estimate of drug-likeness (QED) is 0.442. The van der Waals surface area contributed by atoms with E-state index in [2.05, 4.69) is 9.97 Å². The molecule has 6 nitrogen and oxygen atoms in total.